The number of hydrogen-bond acceptors (Lipinski definition) is 8. The van der Waals surface area contributed by atoms with Gasteiger partial charge in [0.2, 0.25) is 17.0 Å². The molecule has 2 heterocycles. The van der Waals surface area contributed by atoms with E-state index in [0.717, 1.165) is 12.8 Å². The van der Waals surface area contributed by atoms with Crippen LogP contribution in [0, 0.1) is 0 Å². The summed E-state index contributed by atoms with van der Waals surface area (Å²) in [5.74, 6) is 0.290. The molecule has 9 heteroatoms. The number of fused-ring (bicyclic) bond motifs is 1. The molecule has 0 bridgehead atoms. The van der Waals surface area contributed by atoms with Crippen molar-refractivity contribution in [2.45, 2.75) is 32.6 Å². The van der Waals surface area contributed by atoms with Gasteiger partial charge in [0.1, 0.15) is 17.0 Å². The summed E-state index contributed by atoms with van der Waals surface area (Å²) >= 11 is 0. The second kappa shape index (κ2) is 9.90. The van der Waals surface area contributed by atoms with E-state index >= 15 is 0 Å². The third-order valence-corrected chi connectivity index (χ3v) is 5.14. The van der Waals surface area contributed by atoms with E-state index in [9.17, 15) is 9.59 Å². The molecule has 3 N–H and O–H groups in total. The van der Waals surface area contributed by atoms with E-state index in [1.54, 1.807) is 48.7 Å². The lowest BCUT2D eigenvalue weighted by molar-refractivity contribution is 0.103. The first-order valence-electron chi connectivity index (χ1n) is 10.7. The number of tetrazole rings is 1. The lowest BCUT2D eigenvalue weighted by Crippen LogP contribution is -2.12. The molecular formula is C24H23N5O4. The third-order valence-electron chi connectivity index (χ3n) is 5.14. The Kier molecular flexibility index (Phi) is 6.58. The fourth-order valence-corrected chi connectivity index (χ4v) is 3.38. The minimum Gasteiger partial charge on any atom is -0.465 e. The van der Waals surface area contributed by atoms with Crippen LogP contribution in [0.1, 0.15) is 48.5 Å². The number of unbranched alkanes of at least 4 members (excludes halogenated alkanes) is 3. The van der Waals surface area contributed by atoms with Gasteiger partial charge in [0, 0.05) is 5.56 Å². The van der Waals surface area contributed by atoms with Crippen molar-refractivity contribution in [3.63, 3.8) is 0 Å². The number of carbonyl (C=O) groups excluding carboxylic acids is 1. The monoisotopic (exact) mass is 445 g/mol. The highest BCUT2D eigenvalue weighted by atomic mass is 16.5. The molecule has 168 valence electrons. The number of ether oxygens (including phenoxy) is 1. The van der Waals surface area contributed by atoms with Crippen molar-refractivity contribution >= 4 is 22.4 Å². The van der Waals surface area contributed by atoms with Crippen molar-refractivity contribution in [3.05, 3.63) is 76.2 Å². The molecule has 0 fully saturated rings. The van der Waals surface area contributed by atoms with Crippen LogP contribution in [-0.2, 0) is 0 Å². The van der Waals surface area contributed by atoms with Crippen LogP contribution in [0.3, 0.4) is 0 Å². The van der Waals surface area contributed by atoms with Crippen molar-refractivity contribution in [1.29, 1.82) is 0 Å². The van der Waals surface area contributed by atoms with Gasteiger partial charge in [0.05, 0.1) is 17.2 Å². The molecule has 0 atom stereocenters. The van der Waals surface area contributed by atoms with Crippen molar-refractivity contribution in [2.75, 3.05) is 5.73 Å². The van der Waals surface area contributed by atoms with Crippen molar-refractivity contribution in [3.8, 4) is 17.3 Å². The number of nitrogens with one attached hydrogen (secondary N) is 1. The lowest BCUT2D eigenvalue weighted by atomic mass is 10.0. The van der Waals surface area contributed by atoms with E-state index in [1.807, 2.05) is 6.08 Å². The van der Waals surface area contributed by atoms with E-state index in [-0.39, 0.29) is 39.6 Å². The number of benzene rings is 2. The number of hydrogen-bond donors (Lipinski definition) is 2. The zero-order valence-electron chi connectivity index (χ0n) is 18.1. The van der Waals surface area contributed by atoms with Gasteiger partial charge in [-0.1, -0.05) is 25.8 Å². The van der Waals surface area contributed by atoms with Crippen LogP contribution in [0.25, 0.3) is 22.6 Å². The van der Waals surface area contributed by atoms with Crippen LogP contribution in [0.15, 0.2) is 64.0 Å². The van der Waals surface area contributed by atoms with E-state index in [2.05, 4.69) is 27.5 Å². The average Bonchev–Trinajstić information content (AvgIpc) is 3.38. The topological polar surface area (TPSA) is 137 Å². The van der Waals surface area contributed by atoms with Crippen LogP contribution in [0.5, 0.6) is 5.75 Å². The smallest absolute Gasteiger partial charge is 0.242 e. The lowest BCUT2D eigenvalue weighted by Gasteiger charge is -2.08. The Bertz CT molecular complexity index is 1340. The van der Waals surface area contributed by atoms with Gasteiger partial charge < -0.3 is 14.9 Å². The zero-order valence-corrected chi connectivity index (χ0v) is 18.1. The number of nitrogens with zero attached hydrogens (tertiary/aromatic N) is 3. The predicted molar refractivity (Wildman–Crippen MR) is 124 cm³/mol. The SMILES string of the molecule is CCCCC/C=C/Oc1ccc(C(=O)c2cccc3c(=O)c(N)c(-c4nn[nH]n4)oc23)cc1. The van der Waals surface area contributed by atoms with Crippen LogP contribution in [0.4, 0.5) is 5.69 Å². The van der Waals surface area contributed by atoms with Gasteiger partial charge in [-0.15, -0.1) is 10.2 Å². The molecule has 33 heavy (non-hydrogen) atoms. The maximum Gasteiger partial charge on any atom is 0.242 e. The molecule has 0 saturated heterocycles. The fourth-order valence-electron chi connectivity index (χ4n) is 3.38. The Labute approximate surface area is 189 Å². The van der Waals surface area contributed by atoms with E-state index < -0.39 is 5.43 Å². The van der Waals surface area contributed by atoms with Crippen LogP contribution < -0.4 is 15.9 Å². The van der Waals surface area contributed by atoms with Gasteiger partial charge in [-0.3, -0.25) is 9.59 Å². The molecule has 2 aromatic heterocycles. The van der Waals surface area contributed by atoms with E-state index in [1.165, 1.54) is 12.8 Å². The number of ketones is 1. The summed E-state index contributed by atoms with van der Waals surface area (Å²) in [6.45, 7) is 2.16. The largest absolute Gasteiger partial charge is 0.465 e. The van der Waals surface area contributed by atoms with Gasteiger partial charge in [-0.25, -0.2) is 0 Å². The van der Waals surface area contributed by atoms with Gasteiger partial charge in [0.15, 0.2) is 5.78 Å². The van der Waals surface area contributed by atoms with Crippen LogP contribution in [-0.4, -0.2) is 26.4 Å². The molecule has 4 rings (SSSR count). The van der Waals surface area contributed by atoms with E-state index in [4.69, 9.17) is 14.9 Å². The maximum atomic E-state index is 13.2. The number of para-hydroxylation sites is 1. The molecule has 0 spiro atoms. The van der Waals surface area contributed by atoms with Gasteiger partial charge >= 0.3 is 0 Å². The number of allylic oxidation sites excluding steroid dienone is 1. The molecule has 0 aliphatic heterocycles. The molecule has 9 nitrogen and oxygen atoms in total. The Morgan fingerprint density at radius 1 is 1.18 bits per heavy atom. The summed E-state index contributed by atoms with van der Waals surface area (Å²) in [6.07, 6.45) is 8.11. The summed E-state index contributed by atoms with van der Waals surface area (Å²) in [5.41, 5.74) is 6.06. The number of carbonyl (C=O) groups is 1. The number of aromatic amines is 1. The van der Waals surface area contributed by atoms with Crippen LogP contribution >= 0.6 is 0 Å². The highest BCUT2D eigenvalue weighted by Gasteiger charge is 2.21. The van der Waals surface area contributed by atoms with Gasteiger partial charge in [-0.05, 0) is 60.5 Å². The summed E-state index contributed by atoms with van der Waals surface area (Å²) in [5, 5.41) is 13.6. The number of rotatable bonds is 9. The highest BCUT2D eigenvalue weighted by Crippen LogP contribution is 2.28. The Hall–Kier alpha value is -4.27. The number of nitrogen functional groups attached to an aromatic ring is 1. The zero-order chi connectivity index (χ0) is 23.2. The Morgan fingerprint density at radius 2 is 2.00 bits per heavy atom. The summed E-state index contributed by atoms with van der Waals surface area (Å²) < 4.78 is 11.4. The second-order valence-corrected chi connectivity index (χ2v) is 7.43. The number of anilines is 1. The molecule has 0 unspecified atom stereocenters. The first kappa shape index (κ1) is 21.9. The maximum absolute atomic E-state index is 13.2. The number of nitrogens with two attached hydrogens (primary N) is 1. The molecule has 0 radical (unpaired) electrons. The Balaban J connectivity index is 1.61. The van der Waals surface area contributed by atoms with E-state index in [0.29, 0.717) is 11.3 Å². The summed E-state index contributed by atoms with van der Waals surface area (Å²) in [6, 6.07) is 11.5. The predicted octanol–water partition coefficient (Wildman–Crippen LogP) is 4.26. The number of aromatic nitrogens is 4. The van der Waals surface area contributed by atoms with Crippen molar-refractivity contribution < 1.29 is 13.9 Å². The fraction of sp³-hybridized carbons (Fsp3) is 0.208. The standard InChI is InChI=1S/C24H23N5O4/c1-2-3-4-5-6-14-32-16-12-10-15(11-13-16)20(30)17-8-7-9-18-21(31)19(25)23(33-22(17)18)24-26-28-29-27-24/h6-14H,2-5,25H2,1H3,(H,26,27,28,29)/b14-6+. The summed E-state index contributed by atoms with van der Waals surface area (Å²) in [7, 11) is 0. The minimum absolute atomic E-state index is 0.0259. The Morgan fingerprint density at radius 3 is 2.73 bits per heavy atom. The second-order valence-electron chi connectivity index (χ2n) is 7.43. The average molecular weight is 445 g/mol. The quantitative estimate of drug-likeness (QED) is 0.221. The minimum atomic E-state index is -0.472. The molecular weight excluding hydrogens is 422 g/mol. The molecule has 0 aliphatic rings. The number of H-pyrrole nitrogens is 1. The van der Waals surface area contributed by atoms with Crippen molar-refractivity contribution in [2.24, 2.45) is 0 Å². The molecule has 2 aromatic carbocycles. The van der Waals surface area contributed by atoms with Crippen molar-refractivity contribution in [1.82, 2.24) is 20.6 Å². The van der Waals surface area contributed by atoms with Crippen LogP contribution in [0.2, 0.25) is 0 Å². The van der Waals surface area contributed by atoms with Gasteiger partial charge in [-0.2, -0.15) is 5.21 Å². The molecule has 0 saturated carbocycles. The normalized spacial score (nSPS) is 11.3. The first-order chi connectivity index (χ1) is 16.1. The third kappa shape index (κ3) is 4.67. The van der Waals surface area contributed by atoms with Gasteiger partial charge in [0.25, 0.3) is 0 Å². The molecule has 0 aliphatic carbocycles. The first-order valence-corrected chi connectivity index (χ1v) is 10.7. The summed E-state index contributed by atoms with van der Waals surface area (Å²) in [4.78, 5) is 26.0. The molecule has 0 amide bonds. The molecule has 4 aromatic rings. The highest BCUT2D eigenvalue weighted by molar-refractivity contribution is 6.15.